The zero-order chi connectivity index (χ0) is 10.8. The summed E-state index contributed by atoms with van der Waals surface area (Å²) in [5, 5.41) is 1.06. The highest BCUT2D eigenvalue weighted by molar-refractivity contribution is 6.35. The van der Waals surface area contributed by atoms with E-state index in [0.717, 1.165) is 0 Å². The molecular formula is C11H7Cl2NO. The van der Waals surface area contributed by atoms with Gasteiger partial charge in [0.15, 0.2) is 5.43 Å². The lowest BCUT2D eigenvalue weighted by Gasteiger charge is -2.03. The number of nitrogens with one attached hydrogen (secondary N) is 1. The van der Waals surface area contributed by atoms with Crippen LogP contribution in [0.3, 0.4) is 0 Å². The lowest BCUT2D eigenvalue weighted by atomic mass is 10.1. The molecule has 2 rings (SSSR count). The monoisotopic (exact) mass is 239 g/mol. The summed E-state index contributed by atoms with van der Waals surface area (Å²) in [6, 6.07) is 6.48. The summed E-state index contributed by atoms with van der Waals surface area (Å²) < 4.78 is 0. The van der Waals surface area contributed by atoms with Gasteiger partial charge in [0, 0.05) is 39.6 Å². The Bertz CT molecular complexity index is 548. The van der Waals surface area contributed by atoms with E-state index in [1.165, 1.54) is 6.07 Å². The first-order valence-corrected chi connectivity index (χ1v) is 5.06. The van der Waals surface area contributed by atoms with Gasteiger partial charge in [-0.1, -0.05) is 23.2 Å². The molecule has 1 heterocycles. The number of aromatic nitrogens is 1. The van der Waals surface area contributed by atoms with Gasteiger partial charge in [-0.25, -0.2) is 0 Å². The predicted molar refractivity (Wildman–Crippen MR) is 62.5 cm³/mol. The number of hydrogen-bond donors (Lipinski definition) is 1. The maximum absolute atomic E-state index is 11.6. The molecule has 0 saturated carbocycles. The second-order valence-electron chi connectivity index (χ2n) is 3.05. The minimum Gasteiger partial charge on any atom is -0.367 e. The molecule has 1 aromatic carbocycles. The standard InChI is InChI=1S/C11H7Cl2NO/c12-7-1-2-10(13)8(5-7)9-6-14-4-3-11(9)15/h1-6H,(H,14,15). The molecule has 2 nitrogen and oxygen atoms in total. The Balaban J connectivity index is 2.69. The highest BCUT2D eigenvalue weighted by Crippen LogP contribution is 2.27. The molecule has 0 aliphatic carbocycles. The fourth-order valence-corrected chi connectivity index (χ4v) is 1.72. The molecule has 0 atom stereocenters. The lowest BCUT2D eigenvalue weighted by Crippen LogP contribution is -2.02. The first kappa shape index (κ1) is 10.3. The van der Waals surface area contributed by atoms with Crippen molar-refractivity contribution in [2.24, 2.45) is 0 Å². The molecule has 0 spiro atoms. The van der Waals surface area contributed by atoms with E-state index < -0.39 is 0 Å². The van der Waals surface area contributed by atoms with Crippen LogP contribution in [0.25, 0.3) is 11.1 Å². The molecule has 0 fully saturated rings. The topological polar surface area (TPSA) is 32.9 Å². The van der Waals surface area contributed by atoms with E-state index in [-0.39, 0.29) is 5.43 Å². The quantitative estimate of drug-likeness (QED) is 0.814. The molecule has 1 N–H and O–H groups in total. The molecule has 4 heteroatoms. The number of H-pyrrole nitrogens is 1. The number of rotatable bonds is 1. The van der Waals surface area contributed by atoms with E-state index in [2.05, 4.69) is 4.98 Å². The van der Waals surface area contributed by atoms with E-state index in [1.54, 1.807) is 30.6 Å². The number of hydrogen-bond acceptors (Lipinski definition) is 1. The Morgan fingerprint density at radius 2 is 1.87 bits per heavy atom. The molecule has 0 aliphatic rings. The zero-order valence-corrected chi connectivity index (χ0v) is 9.14. The summed E-state index contributed by atoms with van der Waals surface area (Å²) in [6.07, 6.45) is 3.18. The third kappa shape index (κ3) is 2.06. The second-order valence-corrected chi connectivity index (χ2v) is 3.89. The molecule has 0 aliphatic heterocycles. The van der Waals surface area contributed by atoms with E-state index in [9.17, 15) is 4.79 Å². The van der Waals surface area contributed by atoms with Crippen molar-refractivity contribution in [1.82, 2.24) is 4.98 Å². The van der Waals surface area contributed by atoms with Crippen molar-refractivity contribution >= 4 is 23.2 Å². The van der Waals surface area contributed by atoms with Crippen molar-refractivity contribution in [3.05, 3.63) is 56.9 Å². The zero-order valence-electron chi connectivity index (χ0n) is 7.63. The van der Waals surface area contributed by atoms with Gasteiger partial charge in [-0.05, 0) is 18.2 Å². The molecule has 0 unspecified atom stereocenters. The largest absolute Gasteiger partial charge is 0.367 e. The average Bonchev–Trinajstić information content (AvgIpc) is 2.23. The van der Waals surface area contributed by atoms with E-state index >= 15 is 0 Å². The predicted octanol–water partition coefficient (Wildman–Crippen LogP) is 3.35. The van der Waals surface area contributed by atoms with Crippen LogP contribution in [0.4, 0.5) is 0 Å². The van der Waals surface area contributed by atoms with Crippen LogP contribution in [0.5, 0.6) is 0 Å². The summed E-state index contributed by atoms with van der Waals surface area (Å²) >= 11 is 11.8. The van der Waals surface area contributed by atoms with Crippen molar-refractivity contribution in [3.63, 3.8) is 0 Å². The van der Waals surface area contributed by atoms with Gasteiger partial charge in [0.05, 0.1) is 0 Å². The highest BCUT2D eigenvalue weighted by atomic mass is 35.5. The molecule has 0 radical (unpaired) electrons. The number of halogens is 2. The number of benzene rings is 1. The Kier molecular flexibility index (Phi) is 2.80. The van der Waals surface area contributed by atoms with Crippen LogP contribution >= 0.6 is 23.2 Å². The molecular weight excluding hydrogens is 233 g/mol. The Morgan fingerprint density at radius 1 is 1.07 bits per heavy atom. The summed E-state index contributed by atoms with van der Waals surface area (Å²) in [5.41, 5.74) is 1.08. The van der Waals surface area contributed by atoms with Crippen LogP contribution in [0.1, 0.15) is 0 Å². The Labute approximate surface area is 96.5 Å². The van der Waals surface area contributed by atoms with Gasteiger partial charge in [-0.2, -0.15) is 0 Å². The van der Waals surface area contributed by atoms with E-state index in [0.29, 0.717) is 21.2 Å². The normalized spacial score (nSPS) is 10.3. The van der Waals surface area contributed by atoms with Crippen LogP contribution in [-0.4, -0.2) is 4.98 Å². The van der Waals surface area contributed by atoms with Crippen LogP contribution in [0, 0.1) is 0 Å². The highest BCUT2D eigenvalue weighted by Gasteiger charge is 2.07. The molecule has 0 bridgehead atoms. The molecule has 0 amide bonds. The minimum atomic E-state index is -0.0853. The maximum atomic E-state index is 11.6. The Hall–Kier alpha value is -1.25. The summed E-state index contributed by atoms with van der Waals surface area (Å²) in [6.45, 7) is 0. The van der Waals surface area contributed by atoms with Crippen molar-refractivity contribution in [2.75, 3.05) is 0 Å². The molecule has 15 heavy (non-hydrogen) atoms. The molecule has 2 aromatic rings. The average molecular weight is 240 g/mol. The SMILES string of the molecule is O=c1cc[nH]cc1-c1cc(Cl)ccc1Cl. The van der Waals surface area contributed by atoms with Gasteiger partial charge in [0.2, 0.25) is 0 Å². The third-order valence-corrected chi connectivity index (χ3v) is 2.61. The molecule has 76 valence electrons. The van der Waals surface area contributed by atoms with Crippen molar-refractivity contribution in [1.29, 1.82) is 0 Å². The smallest absolute Gasteiger partial charge is 0.189 e. The van der Waals surface area contributed by atoms with Crippen LogP contribution < -0.4 is 5.43 Å². The number of pyridine rings is 1. The van der Waals surface area contributed by atoms with E-state index in [1.807, 2.05) is 0 Å². The van der Waals surface area contributed by atoms with Crippen LogP contribution in [0.15, 0.2) is 41.5 Å². The van der Waals surface area contributed by atoms with Crippen LogP contribution in [-0.2, 0) is 0 Å². The lowest BCUT2D eigenvalue weighted by molar-refractivity contribution is 1.30. The fourth-order valence-electron chi connectivity index (χ4n) is 1.33. The molecule has 0 saturated heterocycles. The molecule has 1 aromatic heterocycles. The number of aromatic amines is 1. The first-order valence-electron chi connectivity index (χ1n) is 4.31. The summed E-state index contributed by atoms with van der Waals surface area (Å²) in [4.78, 5) is 14.4. The van der Waals surface area contributed by atoms with Gasteiger partial charge in [-0.3, -0.25) is 4.79 Å². The fraction of sp³-hybridized carbons (Fsp3) is 0. The maximum Gasteiger partial charge on any atom is 0.189 e. The van der Waals surface area contributed by atoms with Gasteiger partial charge in [-0.15, -0.1) is 0 Å². The van der Waals surface area contributed by atoms with Crippen molar-refractivity contribution < 1.29 is 0 Å². The van der Waals surface area contributed by atoms with Crippen molar-refractivity contribution in [3.8, 4) is 11.1 Å². The summed E-state index contributed by atoms with van der Waals surface area (Å²) in [5.74, 6) is 0. The van der Waals surface area contributed by atoms with Gasteiger partial charge in [0.1, 0.15) is 0 Å². The van der Waals surface area contributed by atoms with E-state index in [4.69, 9.17) is 23.2 Å². The van der Waals surface area contributed by atoms with Crippen LogP contribution in [0.2, 0.25) is 10.0 Å². The van der Waals surface area contributed by atoms with Gasteiger partial charge >= 0.3 is 0 Å². The minimum absolute atomic E-state index is 0.0853. The second kappa shape index (κ2) is 4.09. The summed E-state index contributed by atoms with van der Waals surface area (Å²) in [7, 11) is 0. The third-order valence-electron chi connectivity index (χ3n) is 2.04. The van der Waals surface area contributed by atoms with Gasteiger partial charge < -0.3 is 4.98 Å². The Morgan fingerprint density at radius 3 is 2.60 bits per heavy atom. The van der Waals surface area contributed by atoms with Gasteiger partial charge in [0.25, 0.3) is 0 Å². The first-order chi connectivity index (χ1) is 7.18. The van der Waals surface area contributed by atoms with Crippen molar-refractivity contribution in [2.45, 2.75) is 0 Å².